The second-order valence-corrected chi connectivity index (χ2v) is 6.17. The van der Waals surface area contributed by atoms with Crippen LogP contribution < -0.4 is 0 Å². The van der Waals surface area contributed by atoms with Crippen LogP contribution in [0.15, 0.2) is 33.2 Å². The highest BCUT2D eigenvalue weighted by atomic mass is 79.9. The van der Waals surface area contributed by atoms with Crippen molar-refractivity contribution in [3.63, 3.8) is 0 Å². The molecule has 0 aliphatic carbocycles. The summed E-state index contributed by atoms with van der Waals surface area (Å²) in [5.41, 5.74) is 3.85. The molecule has 1 atom stereocenters. The van der Waals surface area contributed by atoms with Gasteiger partial charge in [-0.05, 0) is 48.0 Å². The first kappa shape index (κ1) is 14.4. The first-order valence-corrected chi connectivity index (χ1v) is 7.61. The zero-order chi connectivity index (χ0) is 15.1. The normalized spacial score (nSPS) is 13.0. The molecule has 1 aromatic carbocycles. The first-order valence-electron chi connectivity index (χ1n) is 6.82. The lowest BCUT2D eigenvalue weighted by atomic mass is 10.1. The minimum absolute atomic E-state index is 0.455. The van der Waals surface area contributed by atoms with Gasteiger partial charge in [-0.3, -0.25) is 4.68 Å². The van der Waals surface area contributed by atoms with Crippen LogP contribution in [0.4, 0.5) is 0 Å². The Kier molecular flexibility index (Phi) is 3.63. The van der Waals surface area contributed by atoms with Crippen molar-refractivity contribution in [1.29, 1.82) is 0 Å². The Bertz CT molecular complexity index is 804. The molecule has 0 amide bonds. The molecule has 0 radical (unpaired) electrons. The maximum Gasteiger partial charge on any atom is 0.134 e. The molecule has 1 N–H and O–H groups in total. The largest absolute Gasteiger partial charge is 0.458 e. The maximum absolute atomic E-state index is 10.4. The number of aryl methyl sites for hydroxylation is 3. The summed E-state index contributed by atoms with van der Waals surface area (Å²) in [4.78, 5) is 0. The molecule has 3 aromatic rings. The van der Waals surface area contributed by atoms with Crippen molar-refractivity contribution in [3.05, 3.63) is 51.4 Å². The van der Waals surface area contributed by atoms with Crippen molar-refractivity contribution in [1.82, 2.24) is 9.78 Å². The number of halogens is 1. The van der Waals surface area contributed by atoms with Gasteiger partial charge in [-0.15, -0.1) is 0 Å². The van der Waals surface area contributed by atoms with E-state index in [9.17, 15) is 5.11 Å². The number of aromatic nitrogens is 2. The van der Waals surface area contributed by atoms with Gasteiger partial charge in [0, 0.05) is 18.9 Å². The monoisotopic (exact) mass is 348 g/mol. The van der Waals surface area contributed by atoms with Crippen molar-refractivity contribution in [3.8, 4) is 0 Å². The van der Waals surface area contributed by atoms with E-state index >= 15 is 0 Å². The minimum Gasteiger partial charge on any atom is -0.458 e. The van der Waals surface area contributed by atoms with E-state index in [2.05, 4.69) is 27.1 Å². The average molecular weight is 349 g/mol. The van der Waals surface area contributed by atoms with Crippen LogP contribution >= 0.6 is 15.9 Å². The minimum atomic E-state index is -0.691. The molecule has 110 valence electrons. The zero-order valence-corrected chi connectivity index (χ0v) is 13.8. The summed E-state index contributed by atoms with van der Waals surface area (Å²) >= 11 is 3.52. The van der Waals surface area contributed by atoms with Crippen LogP contribution in [-0.2, 0) is 13.5 Å². The van der Waals surface area contributed by atoms with Gasteiger partial charge in [0.15, 0.2) is 0 Å². The van der Waals surface area contributed by atoms with Gasteiger partial charge >= 0.3 is 0 Å². The summed E-state index contributed by atoms with van der Waals surface area (Å²) in [7, 11) is 1.88. The van der Waals surface area contributed by atoms with Crippen molar-refractivity contribution < 1.29 is 9.52 Å². The Hall–Kier alpha value is -1.59. The number of aliphatic hydroxyl groups excluding tert-OH is 1. The summed E-state index contributed by atoms with van der Waals surface area (Å²) in [6, 6.07) is 7.90. The number of hydrogen-bond acceptors (Lipinski definition) is 3. The van der Waals surface area contributed by atoms with E-state index in [-0.39, 0.29) is 0 Å². The van der Waals surface area contributed by atoms with Crippen molar-refractivity contribution in [2.75, 3.05) is 0 Å². The number of fused-ring (bicyclic) bond motifs is 1. The van der Waals surface area contributed by atoms with E-state index < -0.39 is 6.10 Å². The summed E-state index contributed by atoms with van der Waals surface area (Å²) in [6.45, 7) is 3.97. The molecule has 1 unspecified atom stereocenters. The van der Waals surface area contributed by atoms with Crippen molar-refractivity contribution in [2.45, 2.75) is 26.4 Å². The summed E-state index contributed by atoms with van der Waals surface area (Å²) in [5.74, 6) is 0.585. The number of hydrogen-bond donors (Lipinski definition) is 1. The van der Waals surface area contributed by atoms with Gasteiger partial charge in [-0.25, -0.2) is 0 Å². The fourth-order valence-electron chi connectivity index (χ4n) is 2.53. The van der Waals surface area contributed by atoms with Crippen LogP contribution in [0.5, 0.6) is 0 Å². The van der Waals surface area contributed by atoms with Crippen LogP contribution in [0, 0.1) is 13.8 Å². The lowest BCUT2D eigenvalue weighted by Gasteiger charge is -2.08. The second kappa shape index (κ2) is 5.31. The molecular formula is C16H17BrN2O2. The van der Waals surface area contributed by atoms with E-state index in [4.69, 9.17) is 4.42 Å². The van der Waals surface area contributed by atoms with Crippen molar-refractivity contribution >= 4 is 26.9 Å². The van der Waals surface area contributed by atoms with Gasteiger partial charge in [0.25, 0.3) is 0 Å². The SMILES string of the molecule is Cc1ccc2oc(C(O)Cc3c(Br)c(C)nn3C)cc2c1. The zero-order valence-electron chi connectivity index (χ0n) is 12.2. The van der Waals surface area contributed by atoms with Gasteiger partial charge in [0.1, 0.15) is 17.4 Å². The third-order valence-electron chi connectivity index (χ3n) is 3.67. The number of benzene rings is 1. The molecular weight excluding hydrogens is 332 g/mol. The fourth-order valence-corrected chi connectivity index (χ4v) is 3.03. The Balaban J connectivity index is 1.91. The Morgan fingerprint density at radius 1 is 1.33 bits per heavy atom. The van der Waals surface area contributed by atoms with E-state index in [0.717, 1.165) is 26.8 Å². The molecule has 4 nitrogen and oxygen atoms in total. The second-order valence-electron chi connectivity index (χ2n) is 5.38. The molecule has 0 aliphatic heterocycles. The molecule has 0 saturated carbocycles. The molecule has 2 heterocycles. The smallest absolute Gasteiger partial charge is 0.134 e. The maximum atomic E-state index is 10.4. The predicted molar refractivity (Wildman–Crippen MR) is 85.3 cm³/mol. The highest BCUT2D eigenvalue weighted by molar-refractivity contribution is 9.10. The predicted octanol–water partition coefficient (Wildman–Crippen LogP) is 3.82. The highest BCUT2D eigenvalue weighted by Crippen LogP contribution is 2.29. The standard InChI is InChI=1S/C16H17BrN2O2/c1-9-4-5-14-11(6-9)7-15(21-14)13(20)8-12-16(17)10(2)18-19(12)3/h4-7,13,20H,8H2,1-3H3. The number of rotatable bonds is 3. The van der Waals surface area contributed by atoms with Crippen LogP contribution in [0.1, 0.15) is 28.8 Å². The van der Waals surface area contributed by atoms with E-state index in [1.807, 2.05) is 39.1 Å². The van der Waals surface area contributed by atoms with Gasteiger partial charge in [-0.1, -0.05) is 11.6 Å². The van der Waals surface area contributed by atoms with E-state index in [0.29, 0.717) is 12.2 Å². The molecule has 21 heavy (non-hydrogen) atoms. The summed E-state index contributed by atoms with van der Waals surface area (Å²) in [6.07, 6.45) is -0.236. The topological polar surface area (TPSA) is 51.2 Å². The number of nitrogens with zero attached hydrogens (tertiary/aromatic N) is 2. The van der Waals surface area contributed by atoms with Crippen LogP contribution in [0.2, 0.25) is 0 Å². The fraction of sp³-hybridized carbons (Fsp3) is 0.312. The van der Waals surface area contributed by atoms with Gasteiger partial charge in [-0.2, -0.15) is 5.10 Å². The van der Waals surface area contributed by atoms with Crippen LogP contribution in [-0.4, -0.2) is 14.9 Å². The first-order chi connectivity index (χ1) is 9.95. The summed E-state index contributed by atoms with van der Waals surface area (Å²) in [5, 5.41) is 15.8. The van der Waals surface area contributed by atoms with Gasteiger partial charge in [0.05, 0.1) is 15.9 Å². The molecule has 0 spiro atoms. The number of aliphatic hydroxyl groups is 1. The van der Waals surface area contributed by atoms with E-state index in [1.54, 1.807) is 4.68 Å². The Labute approximate surface area is 131 Å². The number of furan rings is 1. The molecule has 0 aliphatic rings. The molecule has 0 fully saturated rings. The van der Waals surface area contributed by atoms with Crippen molar-refractivity contribution in [2.24, 2.45) is 7.05 Å². The Morgan fingerprint density at radius 2 is 2.10 bits per heavy atom. The average Bonchev–Trinajstić information content (AvgIpc) is 2.95. The van der Waals surface area contributed by atoms with Crippen LogP contribution in [0.3, 0.4) is 0 Å². The van der Waals surface area contributed by atoms with E-state index in [1.165, 1.54) is 5.56 Å². The van der Waals surface area contributed by atoms with Gasteiger partial charge < -0.3 is 9.52 Å². The van der Waals surface area contributed by atoms with Crippen LogP contribution in [0.25, 0.3) is 11.0 Å². The third-order valence-corrected chi connectivity index (χ3v) is 4.70. The third kappa shape index (κ3) is 2.63. The molecule has 5 heteroatoms. The lowest BCUT2D eigenvalue weighted by Crippen LogP contribution is -2.06. The summed E-state index contributed by atoms with van der Waals surface area (Å²) < 4.78 is 8.48. The van der Waals surface area contributed by atoms with Gasteiger partial charge in [0.2, 0.25) is 0 Å². The Morgan fingerprint density at radius 3 is 2.76 bits per heavy atom. The highest BCUT2D eigenvalue weighted by Gasteiger charge is 2.19. The lowest BCUT2D eigenvalue weighted by molar-refractivity contribution is 0.150. The molecule has 0 saturated heterocycles. The quantitative estimate of drug-likeness (QED) is 0.782. The molecule has 2 aromatic heterocycles. The molecule has 3 rings (SSSR count). The molecule has 0 bridgehead atoms.